The van der Waals surface area contributed by atoms with Crippen LogP contribution >= 0.6 is 22.9 Å². The number of hydrogen-bond donors (Lipinski definition) is 2. The van der Waals surface area contributed by atoms with Gasteiger partial charge in [0.15, 0.2) is 16.6 Å². The second-order valence-corrected chi connectivity index (χ2v) is 4.35. The Morgan fingerprint density at radius 2 is 2.29 bits per heavy atom. The Hall–Kier alpha value is -1.73. The first-order chi connectivity index (χ1) is 8.36. The van der Waals surface area contributed by atoms with Gasteiger partial charge >= 0.3 is 0 Å². The maximum atomic E-state index is 5.70. The number of alkyl halides is 1. The van der Waals surface area contributed by atoms with Gasteiger partial charge in [0.1, 0.15) is 11.8 Å². The summed E-state index contributed by atoms with van der Waals surface area (Å²) >= 11 is 7.17. The van der Waals surface area contributed by atoms with E-state index in [-0.39, 0.29) is 0 Å². The average Bonchev–Trinajstić information content (AvgIpc) is 2.97. The molecule has 3 aromatic rings. The monoisotopic (exact) mass is 266 g/mol. The molecule has 0 aliphatic rings. The molecule has 0 spiro atoms. The second kappa shape index (κ2) is 4.27. The summed E-state index contributed by atoms with van der Waals surface area (Å²) in [4.78, 5) is 19.5. The predicted molar refractivity (Wildman–Crippen MR) is 66.6 cm³/mol. The van der Waals surface area contributed by atoms with Crippen molar-refractivity contribution in [1.82, 2.24) is 24.9 Å². The van der Waals surface area contributed by atoms with E-state index in [1.165, 1.54) is 17.7 Å². The molecular formula is C9H7ClN6S. The summed E-state index contributed by atoms with van der Waals surface area (Å²) in [6, 6.07) is 0. The maximum Gasteiger partial charge on any atom is 0.188 e. The zero-order valence-electron chi connectivity index (χ0n) is 8.51. The molecule has 0 aliphatic heterocycles. The Morgan fingerprint density at radius 3 is 3.12 bits per heavy atom. The molecule has 6 nitrogen and oxygen atoms in total. The Morgan fingerprint density at radius 1 is 1.35 bits per heavy atom. The van der Waals surface area contributed by atoms with Crippen LogP contribution < -0.4 is 5.32 Å². The van der Waals surface area contributed by atoms with Gasteiger partial charge in [-0.3, -0.25) is 0 Å². The summed E-state index contributed by atoms with van der Waals surface area (Å²) in [5.41, 5.74) is 2.22. The first kappa shape index (κ1) is 10.4. The molecule has 0 atom stereocenters. The molecule has 3 rings (SSSR count). The third-order valence-corrected chi connectivity index (χ3v) is 3.22. The Balaban J connectivity index is 1.96. The summed E-state index contributed by atoms with van der Waals surface area (Å²) in [6.45, 7) is 0. The highest BCUT2D eigenvalue weighted by Crippen LogP contribution is 2.23. The summed E-state index contributed by atoms with van der Waals surface area (Å²) in [7, 11) is 0. The van der Waals surface area contributed by atoms with Crippen LogP contribution in [0.5, 0.6) is 0 Å². The fourth-order valence-corrected chi connectivity index (χ4v) is 2.32. The number of halogens is 1. The standard InChI is InChI=1S/C9H7ClN6S/c10-1-5-2-17-9(15-5)16-8-6-7(12-3-11-6)13-4-14-8/h2-4H,1H2,(H2,11,12,13,14,15,16). The number of anilines is 2. The fraction of sp³-hybridized carbons (Fsp3) is 0.111. The highest BCUT2D eigenvalue weighted by molar-refractivity contribution is 7.13. The van der Waals surface area contributed by atoms with Gasteiger partial charge in [0, 0.05) is 5.38 Å². The van der Waals surface area contributed by atoms with Crippen molar-refractivity contribution in [1.29, 1.82) is 0 Å². The van der Waals surface area contributed by atoms with E-state index < -0.39 is 0 Å². The minimum atomic E-state index is 0.404. The Labute approximate surface area is 105 Å². The summed E-state index contributed by atoms with van der Waals surface area (Å²) in [6.07, 6.45) is 3.04. The lowest BCUT2D eigenvalue weighted by Gasteiger charge is -2.01. The van der Waals surface area contributed by atoms with Crippen molar-refractivity contribution in [2.75, 3.05) is 5.32 Å². The predicted octanol–water partition coefficient (Wildman–Crippen LogP) is 2.29. The van der Waals surface area contributed by atoms with Crippen LogP contribution in [0.15, 0.2) is 18.0 Å². The molecular weight excluding hydrogens is 260 g/mol. The molecule has 0 unspecified atom stereocenters. The van der Waals surface area contributed by atoms with Gasteiger partial charge in [-0.1, -0.05) is 0 Å². The number of fused-ring (bicyclic) bond motifs is 1. The molecule has 0 saturated carbocycles. The van der Waals surface area contributed by atoms with Gasteiger partial charge in [-0.25, -0.2) is 19.9 Å². The van der Waals surface area contributed by atoms with Crippen molar-refractivity contribution in [2.45, 2.75) is 5.88 Å². The van der Waals surface area contributed by atoms with Crippen molar-refractivity contribution in [3.05, 3.63) is 23.7 Å². The normalized spacial score (nSPS) is 10.9. The Bertz CT molecular complexity index is 648. The lowest BCUT2D eigenvalue weighted by atomic mass is 10.5. The maximum absolute atomic E-state index is 5.70. The number of aromatic amines is 1. The average molecular weight is 267 g/mol. The third kappa shape index (κ3) is 1.94. The second-order valence-electron chi connectivity index (χ2n) is 3.23. The highest BCUT2D eigenvalue weighted by Gasteiger charge is 2.07. The summed E-state index contributed by atoms with van der Waals surface area (Å²) in [5, 5.41) is 5.76. The van der Waals surface area contributed by atoms with Crippen molar-refractivity contribution in [3.63, 3.8) is 0 Å². The zero-order chi connectivity index (χ0) is 11.7. The summed E-state index contributed by atoms with van der Waals surface area (Å²) < 4.78 is 0. The van der Waals surface area contributed by atoms with Gasteiger partial charge in [0.05, 0.1) is 17.9 Å². The molecule has 0 aliphatic carbocycles. The molecule has 0 saturated heterocycles. The van der Waals surface area contributed by atoms with Crippen LogP contribution in [0, 0.1) is 0 Å². The van der Waals surface area contributed by atoms with E-state index in [9.17, 15) is 0 Å². The third-order valence-electron chi connectivity index (χ3n) is 2.14. The number of thiazole rings is 1. The molecule has 0 amide bonds. The highest BCUT2D eigenvalue weighted by atomic mass is 35.5. The smallest absolute Gasteiger partial charge is 0.188 e. The Kier molecular flexibility index (Phi) is 2.62. The van der Waals surface area contributed by atoms with E-state index in [0.29, 0.717) is 17.3 Å². The molecule has 0 bridgehead atoms. The largest absolute Gasteiger partial charge is 0.340 e. The molecule has 86 valence electrons. The molecule has 2 N–H and O–H groups in total. The van der Waals surface area contributed by atoms with Crippen molar-refractivity contribution in [2.24, 2.45) is 0 Å². The number of nitrogens with one attached hydrogen (secondary N) is 2. The van der Waals surface area contributed by atoms with Crippen LogP contribution in [-0.4, -0.2) is 24.9 Å². The fourth-order valence-electron chi connectivity index (χ4n) is 1.39. The first-order valence-electron chi connectivity index (χ1n) is 4.78. The van der Waals surface area contributed by atoms with E-state index >= 15 is 0 Å². The number of nitrogens with zero attached hydrogens (tertiary/aromatic N) is 4. The minimum Gasteiger partial charge on any atom is -0.340 e. The van der Waals surface area contributed by atoms with Crippen LogP contribution in [0.4, 0.5) is 10.9 Å². The molecule has 17 heavy (non-hydrogen) atoms. The van der Waals surface area contributed by atoms with Gasteiger partial charge in [-0.05, 0) is 0 Å². The van der Waals surface area contributed by atoms with Gasteiger partial charge in [-0.15, -0.1) is 22.9 Å². The van der Waals surface area contributed by atoms with E-state index in [2.05, 4.69) is 30.2 Å². The molecule has 0 aromatic carbocycles. The molecule has 8 heteroatoms. The van der Waals surface area contributed by atoms with E-state index in [0.717, 1.165) is 16.3 Å². The van der Waals surface area contributed by atoms with Gasteiger partial charge in [-0.2, -0.15) is 0 Å². The number of aromatic nitrogens is 5. The number of H-pyrrole nitrogens is 1. The number of rotatable bonds is 3. The van der Waals surface area contributed by atoms with Gasteiger partial charge in [0.25, 0.3) is 0 Å². The van der Waals surface area contributed by atoms with E-state index in [4.69, 9.17) is 11.6 Å². The zero-order valence-corrected chi connectivity index (χ0v) is 10.1. The quantitative estimate of drug-likeness (QED) is 0.711. The topological polar surface area (TPSA) is 79.4 Å². The number of imidazole rings is 1. The van der Waals surface area contributed by atoms with Crippen LogP contribution in [-0.2, 0) is 5.88 Å². The van der Waals surface area contributed by atoms with E-state index in [1.54, 1.807) is 6.33 Å². The van der Waals surface area contributed by atoms with Gasteiger partial charge in [0.2, 0.25) is 0 Å². The van der Waals surface area contributed by atoms with Crippen molar-refractivity contribution >= 4 is 45.1 Å². The van der Waals surface area contributed by atoms with Crippen LogP contribution in [0.3, 0.4) is 0 Å². The van der Waals surface area contributed by atoms with Crippen LogP contribution in [0.2, 0.25) is 0 Å². The first-order valence-corrected chi connectivity index (χ1v) is 6.19. The van der Waals surface area contributed by atoms with Crippen molar-refractivity contribution in [3.8, 4) is 0 Å². The lowest BCUT2D eigenvalue weighted by Crippen LogP contribution is -1.95. The molecule has 0 radical (unpaired) electrons. The van der Waals surface area contributed by atoms with Crippen molar-refractivity contribution < 1.29 is 0 Å². The number of hydrogen-bond acceptors (Lipinski definition) is 6. The van der Waals surface area contributed by atoms with Crippen LogP contribution in [0.25, 0.3) is 11.2 Å². The minimum absolute atomic E-state index is 0.404. The molecule has 3 heterocycles. The molecule has 0 fully saturated rings. The van der Waals surface area contributed by atoms with E-state index in [1.807, 2.05) is 5.38 Å². The lowest BCUT2D eigenvalue weighted by molar-refractivity contribution is 1.18. The SMILES string of the molecule is ClCc1csc(Nc2ncnc3nc[nH]c23)n1. The van der Waals surface area contributed by atoms with Crippen LogP contribution in [0.1, 0.15) is 5.69 Å². The molecule has 3 aromatic heterocycles. The summed E-state index contributed by atoms with van der Waals surface area (Å²) in [5.74, 6) is 1.06. The van der Waals surface area contributed by atoms with Gasteiger partial charge < -0.3 is 10.3 Å².